The van der Waals surface area contributed by atoms with E-state index in [2.05, 4.69) is 50.3 Å². The summed E-state index contributed by atoms with van der Waals surface area (Å²) in [6.07, 6.45) is 3.82. The third-order valence-corrected chi connectivity index (χ3v) is 5.56. The lowest BCUT2D eigenvalue weighted by atomic mass is 10.00. The first kappa shape index (κ1) is 24.4. The Labute approximate surface area is 196 Å². The molecule has 1 aromatic carbocycles. The van der Waals surface area contributed by atoms with Crippen molar-refractivity contribution in [2.45, 2.75) is 46.1 Å². The van der Waals surface area contributed by atoms with Crippen LogP contribution in [0.25, 0.3) is 11.0 Å². The molecule has 0 aliphatic carbocycles. The number of carbonyl (C=O) groups excluding carboxylic acids is 1. The number of para-hydroxylation sites is 2. The summed E-state index contributed by atoms with van der Waals surface area (Å²) < 4.78 is 2.26. The van der Waals surface area contributed by atoms with Gasteiger partial charge in [0, 0.05) is 46.2 Å². The molecule has 1 fully saturated rings. The second-order valence-electron chi connectivity index (χ2n) is 7.92. The summed E-state index contributed by atoms with van der Waals surface area (Å²) in [6.45, 7) is 8.39. The standard InChI is InChI=1S/C22H34N6O.HI/c1-17-8-6-14-27(16-17)21(29)11-13-25-22(23-3)24-12-7-15-28-18(2)26-19-9-4-5-10-20(19)28;/h4-5,9-10,17H,6-8,11-16H2,1-3H3,(H2,23,24,25);1H. The van der Waals surface area contributed by atoms with Crippen LogP contribution in [0.1, 0.15) is 38.4 Å². The van der Waals surface area contributed by atoms with Crippen molar-refractivity contribution in [3.05, 3.63) is 30.1 Å². The Morgan fingerprint density at radius 3 is 2.80 bits per heavy atom. The summed E-state index contributed by atoms with van der Waals surface area (Å²) in [4.78, 5) is 23.2. The fraction of sp³-hybridized carbons (Fsp3) is 0.591. The van der Waals surface area contributed by atoms with Crippen LogP contribution in [-0.2, 0) is 11.3 Å². The number of aromatic nitrogens is 2. The molecule has 0 bridgehead atoms. The molecule has 1 amide bonds. The molecule has 0 spiro atoms. The molecule has 166 valence electrons. The number of imidazole rings is 1. The van der Waals surface area contributed by atoms with Crippen molar-refractivity contribution in [3.8, 4) is 0 Å². The number of fused-ring (bicyclic) bond motifs is 1. The quantitative estimate of drug-likeness (QED) is 0.252. The van der Waals surface area contributed by atoms with Gasteiger partial charge in [-0.2, -0.15) is 0 Å². The molecule has 2 aromatic rings. The van der Waals surface area contributed by atoms with Crippen molar-refractivity contribution < 1.29 is 4.79 Å². The van der Waals surface area contributed by atoms with Crippen LogP contribution in [0.5, 0.6) is 0 Å². The van der Waals surface area contributed by atoms with E-state index in [1.54, 1.807) is 7.05 Å². The van der Waals surface area contributed by atoms with E-state index in [1.165, 1.54) is 11.9 Å². The van der Waals surface area contributed by atoms with E-state index in [-0.39, 0.29) is 29.9 Å². The smallest absolute Gasteiger partial charge is 0.224 e. The van der Waals surface area contributed by atoms with Gasteiger partial charge in [0.2, 0.25) is 5.91 Å². The van der Waals surface area contributed by atoms with Crippen LogP contribution in [-0.4, -0.2) is 59.5 Å². The predicted molar refractivity (Wildman–Crippen MR) is 133 cm³/mol. The monoisotopic (exact) mass is 526 g/mol. The predicted octanol–water partition coefficient (Wildman–Crippen LogP) is 3.17. The molecule has 8 heteroatoms. The van der Waals surface area contributed by atoms with Crippen LogP contribution in [0.2, 0.25) is 0 Å². The van der Waals surface area contributed by atoms with E-state index in [0.717, 1.165) is 56.3 Å². The summed E-state index contributed by atoms with van der Waals surface area (Å²) in [6, 6.07) is 8.24. The normalized spacial score (nSPS) is 17.0. The third-order valence-electron chi connectivity index (χ3n) is 5.56. The van der Waals surface area contributed by atoms with Crippen molar-refractivity contribution in [3.63, 3.8) is 0 Å². The van der Waals surface area contributed by atoms with Gasteiger partial charge in [0.05, 0.1) is 11.0 Å². The Bertz CT molecular complexity index is 849. The molecule has 1 aliphatic rings. The van der Waals surface area contributed by atoms with Crippen molar-refractivity contribution >= 4 is 46.9 Å². The van der Waals surface area contributed by atoms with Gasteiger partial charge in [-0.15, -0.1) is 24.0 Å². The number of nitrogens with one attached hydrogen (secondary N) is 2. The number of amides is 1. The molecule has 3 rings (SSSR count). The van der Waals surface area contributed by atoms with Gasteiger partial charge in [-0.05, 0) is 44.2 Å². The van der Waals surface area contributed by atoms with Crippen LogP contribution in [0.3, 0.4) is 0 Å². The molecule has 2 N–H and O–H groups in total. The lowest BCUT2D eigenvalue weighted by Crippen LogP contribution is -2.42. The molecule has 0 saturated carbocycles. The van der Waals surface area contributed by atoms with Crippen molar-refractivity contribution in [2.24, 2.45) is 10.9 Å². The highest BCUT2D eigenvalue weighted by molar-refractivity contribution is 14.0. The first-order chi connectivity index (χ1) is 14.1. The van der Waals surface area contributed by atoms with Gasteiger partial charge in [-0.1, -0.05) is 19.1 Å². The Kier molecular flexibility index (Phi) is 9.87. The molecule has 1 aliphatic heterocycles. The fourth-order valence-corrected chi connectivity index (χ4v) is 4.00. The Morgan fingerprint density at radius 2 is 2.03 bits per heavy atom. The van der Waals surface area contributed by atoms with Gasteiger partial charge in [-0.25, -0.2) is 4.98 Å². The molecule has 1 atom stereocenters. The van der Waals surface area contributed by atoms with Crippen LogP contribution >= 0.6 is 24.0 Å². The molecule has 30 heavy (non-hydrogen) atoms. The molecular formula is C22H35IN6O. The number of hydrogen-bond donors (Lipinski definition) is 2. The average Bonchev–Trinajstić information content (AvgIpc) is 3.04. The first-order valence-electron chi connectivity index (χ1n) is 10.7. The number of halogens is 1. The zero-order chi connectivity index (χ0) is 20.6. The summed E-state index contributed by atoms with van der Waals surface area (Å²) in [5.41, 5.74) is 2.22. The third kappa shape index (κ3) is 6.58. The summed E-state index contributed by atoms with van der Waals surface area (Å²) in [5.74, 6) is 2.64. The zero-order valence-corrected chi connectivity index (χ0v) is 20.7. The lowest BCUT2D eigenvalue weighted by molar-refractivity contribution is -0.132. The summed E-state index contributed by atoms with van der Waals surface area (Å²) in [5, 5.41) is 6.60. The maximum atomic E-state index is 12.4. The first-order valence-corrected chi connectivity index (χ1v) is 10.7. The van der Waals surface area contributed by atoms with Gasteiger partial charge in [0.15, 0.2) is 5.96 Å². The molecule has 0 radical (unpaired) electrons. The molecule has 2 heterocycles. The number of likely N-dealkylation sites (tertiary alicyclic amines) is 1. The molecule has 1 saturated heterocycles. The van der Waals surface area contributed by atoms with E-state index in [4.69, 9.17) is 0 Å². The number of aryl methyl sites for hydroxylation is 2. The second-order valence-corrected chi connectivity index (χ2v) is 7.92. The minimum atomic E-state index is 0. The number of carbonyl (C=O) groups is 1. The number of hydrogen-bond acceptors (Lipinski definition) is 3. The minimum Gasteiger partial charge on any atom is -0.356 e. The highest BCUT2D eigenvalue weighted by Crippen LogP contribution is 2.16. The summed E-state index contributed by atoms with van der Waals surface area (Å²) in [7, 11) is 1.76. The second kappa shape index (κ2) is 12.1. The van der Waals surface area contributed by atoms with Gasteiger partial charge < -0.3 is 20.1 Å². The van der Waals surface area contributed by atoms with Crippen LogP contribution in [0.15, 0.2) is 29.3 Å². The number of aliphatic imine (C=N–C) groups is 1. The SMILES string of the molecule is CN=C(NCCCn1c(C)nc2ccccc21)NCCC(=O)N1CCCC(C)C1.I. The molecular weight excluding hydrogens is 491 g/mol. The molecule has 1 unspecified atom stereocenters. The Balaban J connectivity index is 0.00000320. The molecule has 7 nitrogen and oxygen atoms in total. The maximum Gasteiger partial charge on any atom is 0.224 e. The lowest BCUT2D eigenvalue weighted by Gasteiger charge is -2.31. The summed E-state index contributed by atoms with van der Waals surface area (Å²) >= 11 is 0. The van der Waals surface area contributed by atoms with Crippen LogP contribution in [0, 0.1) is 12.8 Å². The number of nitrogens with zero attached hydrogens (tertiary/aromatic N) is 4. The van der Waals surface area contributed by atoms with Crippen LogP contribution in [0.4, 0.5) is 0 Å². The number of piperidine rings is 1. The Morgan fingerprint density at radius 1 is 1.27 bits per heavy atom. The van der Waals surface area contributed by atoms with E-state index in [1.807, 2.05) is 17.9 Å². The van der Waals surface area contributed by atoms with Crippen molar-refractivity contribution in [1.29, 1.82) is 0 Å². The van der Waals surface area contributed by atoms with Crippen LogP contribution < -0.4 is 10.6 Å². The fourth-order valence-electron chi connectivity index (χ4n) is 4.00. The van der Waals surface area contributed by atoms with E-state index >= 15 is 0 Å². The zero-order valence-electron chi connectivity index (χ0n) is 18.4. The largest absolute Gasteiger partial charge is 0.356 e. The average molecular weight is 526 g/mol. The van der Waals surface area contributed by atoms with Gasteiger partial charge in [0.25, 0.3) is 0 Å². The van der Waals surface area contributed by atoms with Gasteiger partial charge in [-0.3, -0.25) is 9.79 Å². The molecule has 1 aromatic heterocycles. The number of rotatable bonds is 7. The van der Waals surface area contributed by atoms with E-state index in [9.17, 15) is 4.79 Å². The number of guanidine groups is 1. The van der Waals surface area contributed by atoms with E-state index < -0.39 is 0 Å². The van der Waals surface area contributed by atoms with Gasteiger partial charge in [0.1, 0.15) is 5.82 Å². The number of benzene rings is 1. The van der Waals surface area contributed by atoms with Gasteiger partial charge >= 0.3 is 0 Å². The van der Waals surface area contributed by atoms with Crippen molar-refractivity contribution in [2.75, 3.05) is 33.2 Å². The Hall–Kier alpha value is -1.84. The minimum absolute atomic E-state index is 0. The highest BCUT2D eigenvalue weighted by atomic mass is 127. The topological polar surface area (TPSA) is 74.5 Å². The highest BCUT2D eigenvalue weighted by Gasteiger charge is 2.20. The van der Waals surface area contributed by atoms with E-state index in [0.29, 0.717) is 18.9 Å². The maximum absolute atomic E-state index is 12.4. The van der Waals surface area contributed by atoms with Crippen molar-refractivity contribution in [1.82, 2.24) is 25.1 Å².